The van der Waals surface area contributed by atoms with Crippen molar-refractivity contribution >= 4 is 29.1 Å². The number of aromatic nitrogens is 3. The third-order valence-corrected chi connectivity index (χ3v) is 2.72. The Hall–Kier alpha value is -2.54. The molecule has 0 aromatic carbocycles. The van der Waals surface area contributed by atoms with E-state index < -0.39 is 11.8 Å². The number of halogens is 1. The van der Waals surface area contributed by atoms with E-state index in [1.54, 1.807) is 12.1 Å². The summed E-state index contributed by atoms with van der Waals surface area (Å²) in [4.78, 5) is 34.4. The minimum atomic E-state index is -0.460. The molecule has 2 heterocycles. The molecule has 108 valence electrons. The number of nitrogens with one attached hydrogen (secondary N) is 1. The molecule has 0 atom stereocenters. The Bertz CT molecular complexity index is 660. The Balaban J connectivity index is 2.05. The largest absolute Gasteiger partial charge is 0.370 e. The van der Waals surface area contributed by atoms with Crippen molar-refractivity contribution in [2.24, 2.45) is 5.73 Å². The zero-order chi connectivity index (χ0) is 15.2. The molecular weight excluding hydrogens is 294 g/mol. The molecule has 0 saturated heterocycles. The van der Waals surface area contributed by atoms with Gasteiger partial charge in [0.15, 0.2) is 0 Å². The number of primary amides is 1. The van der Waals surface area contributed by atoms with Crippen LogP contribution in [-0.2, 0) is 11.2 Å². The summed E-state index contributed by atoms with van der Waals surface area (Å²) < 4.78 is 0. The Morgan fingerprint density at radius 2 is 1.95 bits per heavy atom. The van der Waals surface area contributed by atoms with Crippen molar-refractivity contribution in [2.45, 2.75) is 12.8 Å². The van der Waals surface area contributed by atoms with Crippen LogP contribution in [0.3, 0.4) is 0 Å². The number of anilines is 1. The summed E-state index contributed by atoms with van der Waals surface area (Å²) in [6.07, 6.45) is 4.83. The SMILES string of the molecule is NC(=O)CCc1cc(NC(=O)c2ncc(Cl)cn2)ccn1. The molecule has 8 heteroatoms. The van der Waals surface area contributed by atoms with Crippen LogP contribution in [0.2, 0.25) is 5.02 Å². The van der Waals surface area contributed by atoms with Gasteiger partial charge in [0.05, 0.1) is 5.02 Å². The molecule has 2 amide bonds. The smallest absolute Gasteiger partial charge is 0.293 e. The van der Waals surface area contributed by atoms with E-state index >= 15 is 0 Å². The third kappa shape index (κ3) is 4.50. The van der Waals surface area contributed by atoms with E-state index in [0.717, 1.165) is 0 Å². The van der Waals surface area contributed by atoms with E-state index in [9.17, 15) is 9.59 Å². The number of carbonyl (C=O) groups is 2. The molecule has 0 fully saturated rings. The van der Waals surface area contributed by atoms with Crippen molar-refractivity contribution < 1.29 is 9.59 Å². The van der Waals surface area contributed by atoms with Gasteiger partial charge in [-0.15, -0.1) is 0 Å². The van der Waals surface area contributed by atoms with E-state index in [2.05, 4.69) is 20.3 Å². The molecule has 0 spiro atoms. The van der Waals surface area contributed by atoms with Gasteiger partial charge in [-0.05, 0) is 18.6 Å². The molecule has 0 aliphatic carbocycles. The van der Waals surface area contributed by atoms with Gasteiger partial charge in [0, 0.05) is 36.4 Å². The first-order valence-corrected chi connectivity index (χ1v) is 6.44. The summed E-state index contributed by atoms with van der Waals surface area (Å²) in [7, 11) is 0. The number of carbonyl (C=O) groups excluding carboxylic acids is 2. The highest BCUT2D eigenvalue weighted by Crippen LogP contribution is 2.11. The van der Waals surface area contributed by atoms with Gasteiger partial charge in [-0.3, -0.25) is 14.6 Å². The van der Waals surface area contributed by atoms with Gasteiger partial charge < -0.3 is 11.1 Å². The van der Waals surface area contributed by atoms with Crippen LogP contribution in [0.25, 0.3) is 0 Å². The van der Waals surface area contributed by atoms with E-state index in [-0.39, 0.29) is 12.2 Å². The fraction of sp³-hybridized carbons (Fsp3) is 0.154. The first kappa shape index (κ1) is 14.9. The van der Waals surface area contributed by atoms with Gasteiger partial charge in [0.25, 0.3) is 5.91 Å². The lowest BCUT2D eigenvalue weighted by Gasteiger charge is -2.05. The number of nitrogens with two attached hydrogens (primary N) is 1. The summed E-state index contributed by atoms with van der Waals surface area (Å²) in [5, 5.41) is 2.99. The van der Waals surface area contributed by atoms with Crippen molar-refractivity contribution in [3.05, 3.63) is 47.3 Å². The monoisotopic (exact) mass is 305 g/mol. The van der Waals surface area contributed by atoms with Crippen LogP contribution in [0.1, 0.15) is 22.7 Å². The zero-order valence-electron chi connectivity index (χ0n) is 10.9. The summed E-state index contributed by atoms with van der Waals surface area (Å²) in [5.41, 5.74) is 6.27. The van der Waals surface area contributed by atoms with Crippen LogP contribution in [0.4, 0.5) is 5.69 Å². The van der Waals surface area contributed by atoms with E-state index in [1.807, 2.05) is 0 Å². The van der Waals surface area contributed by atoms with Gasteiger partial charge in [0.1, 0.15) is 0 Å². The second-order valence-corrected chi connectivity index (χ2v) is 4.62. The summed E-state index contributed by atoms with van der Waals surface area (Å²) in [6, 6.07) is 3.29. The van der Waals surface area contributed by atoms with Crippen molar-refractivity contribution in [3.8, 4) is 0 Å². The van der Waals surface area contributed by atoms with Crippen LogP contribution >= 0.6 is 11.6 Å². The highest BCUT2D eigenvalue weighted by molar-refractivity contribution is 6.30. The Morgan fingerprint density at radius 3 is 2.62 bits per heavy atom. The fourth-order valence-corrected chi connectivity index (χ4v) is 1.66. The lowest BCUT2D eigenvalue weighted by molar-refractivity contribution is -0.118. The highest BCUT2D eigenvalue weighted by Gasteiger charge is 2.10. The first-order chi connectivity index (χ1) is 10.0. The Labute approximate surface area is 125 Å². The fourth-order valence-electron chi connectivity index (χ4n) is 1.56. The second-order valence-electron chi connectivity index (χ2n) is 4.18. The number of rotatable bonds is 5. The van der Waals surface area contributed by atoms with Crippen LogP contribution < -0.4 is 11.1 Å². The molecule has 2 aromatic rings. The number of nitrogens with zero attached hydrogens (tertiary/aromatic N) is 3. The minimum Gasteiger partial charge on any atom is -0.370 e. The van der Waals surface area contributed by atoms with Gasteiger partial charge in [-0.2, -0.15) is 0 Å². The summed E-state index contributed by atoms with van der Waals surface area (Å²) in [5.74, 6) is -0.852. The number of hydrogen-bond donors (Lipinski definition) is 2. The molecule has 7 nitrogen and oxygen atoms in total. The van der Waals surface area contributed by atoms with Crippen LogP contribution in [0.5, 0.6) is 0 Å². The maximum Gasteiger partial charge on any atom is 0.293 e. The van der Waals surface area contributed by atoms with Gasteiger partial charge in [-0.1, -0.05) is 11.6 Å². The van der Waals surface area contributed by atoms with E-state index in [0.29, 0.717) is 22.8 Å². The van der Waals surface area contributed by atoms with Crippen LogP contribution in [-0.4, -0.2) is 26.8 Å². The zero-order valence-corrected chi connectivity index (χ0v) is 11.7. The quantitative estimate of drug-likeness (QED) is 0.862. The van der Waals surface area contributed by atoms with Crippen molar-refractivity contribution in [1.82, 2.24) is 15.0 Å². The number of aryl methyl sites for hydroxylation is 1. The normalized spacial score (nSPS) is 10.1. The highest BCUT2D eigenvalue weighted by atomic mass is 35.5. The topological polar surface area (TPSA) is 111 Å². The standard InChI is InChI=1S/C13H12ClN5O2/c14-8-6-17-12(18-7-8)13(21)19-10-3-4-16-9(5-10)1-2-11(15)20/h3-7H,1-2H2,(H2,15,20)(H,16,19,21). The molecule has 0 bridgehead atoms. The summed E-state index contributed by atoms with van der Waals surface area (Å²) >= 11 is 5.65. The molecule has 21 heavy (non-hydrogen) atoms. The average Bonchev–Trinajstić information content (AvgIpc) is 2.46. The molecule has 0 radical (unpaired) electrons. The van der Waals surface area contributed by atoms with Crippen LogP contribution in [0.15, 0.2) is 30.7 Å². The Kier molecular flexibility index (Phi) is 4.78. The number of amides is 2. The van der Waals surface area contributed by atoms with Gasteiger partial charge >= 0.3 is 0 Å². The van der Waals surface area contributed by atoms with Crippen molar-refractivity contribution in [1.29, 1.82) is 0 Å². The van der Waals surface area contributed by atoms with E-state index in [1.165, 1.54) is 18.6 Å². The maximum atomic E-state index is 11.9. The van der Waals surface area contributed by atoms with E-state index in [4.69, 9.17) is 17.3 Å². The average molecular weight is 306 g/mol. The maximum absolute atomic E-state index is 11.9. The van der Waals surface area contributed by atoms with Gasteiger partial charge in [-0.25, -0.2) is 9.97 Å². The molecule has 2 rings (SSSR count). The molecule has 3 N–H and O–H groups in total. The number of pyridine rings is 1. The predicted molar refractivity (Wildman–Crippen MR) is 76.7 cm³/mol. The molecular formula is C13H12ClN5O2. The minimum absolute atomic E-state index is 0.00917. The third-order valence-electron chi connectivity index (χ3n) is 2.53. The Morgan fingerprint density at radius 1 is 1.24 bits per heavy atom. The summed E-state index contributed by atoms with van der Waals surface area (Å²) in [6.45, 7) is 0. The van der Waals surface area contributed by atoms with Crippen LogP contribution in [0, 0.1) is 0 Å². The molecule has 0 unspecified atom stereocenters. The number of hydrogen-bond acceptors (Lipinski definition) is 5. The first-order valence-electron chi connectivity index (χ1n) is 6.07. The predicted octanol–water partition coefficient (Wildman–Crippen LogP) is 1.20. The lowest BCUT2D eigenvalue weighted by atomic mass is 10.2. The van der Waals surface area contributed by atoms with Gasteiger partial charge in [0.2, 0.25) is 11.7 Å². The second kappa shape index (κ2) is 6.76. The molecule has 0 saturated carbocycles. The van der Waals surface area contributed by atoms with Crippen molar-refractivity contribution in [3.63, 3.8) is 0 Å². The lowest BCUT2D eigenvalue weighted by Crippen LogP contribution is -2.16. The molecule has 2 aromatic heterocycles. The molecule has 0 aliphatic rings. The van der Waals surface area contributed by atoms with Crippen molar-refractivity contribution in [2.75, 3.05) is 5.32 Å². The molecule has 0 aliphatic heterocycles.